The number of amides is 1. The molecule has 6 nitrogen and oxygen atoms in total. The van der Waals surface area contributed by atoms with Crippen LogP contribution in [0.15, 0.2) is 53.6 Å². The molecule has 0 unspecified atom stereocenters. The van der Waals surface area contributed by atoms with Crippen molar-refractivity contribution in [2.24, 2.45) is 10.5 Å². The van der Waals surface area contributed by atoms with Gasteiger partial charge >= 0.3 is 0 Å². The fourth-order valence-electron chi connectivity index (χ4n) is 3.14. The van der Waals surface area contributed by atoms with Crippen LogP contribution >= 0.6 is 0 Å². The molecule has 3 rings (SSSR count). The summed E-state index contributed by atoms with van der Waals surface area (Å²) in [4.78, 5) is 13.0. The van der Waals surface area contributed by atoms with Crippen molar-refractivity contribution in [1.29, 1.82) is 0 Å². The number of sulfonamides is 1. The normalized spacial score (nSPS) is 17.2. The van der Waals surface area contributed by atoms with Crippen LogP contribution in [0.2, 0.25) is 0 Å². The Morgan fingerprint density at radius 1 is 1.17 bits per heavy atom. The molecule has 1 aliphatic rings. The first-order valence-electron chi connectivity index (χ1n) is 9.19. The fraction of sp³-hybridized carbons (Fsp3) is 0.333. The lowest BCUT2D eigenvalue weighted by atomic mass is 9.93. The van der Waals surface area contributed by atoms with Crippen LogP contribution < -0.4 is 4.72 Å². The van der Waals surface area contributed by atoms with Gasteiger partial charge in [0.2, 0.25) is 15.9 Å². The Morgan fingerprint density at radius 2 is 1.83 bits per heavy atom. The molecule has 0 radical (unpaired) electrons. The van der Waals surface area contributed by atoms with E-state index in [0.29, 0.717) is 17.8 Å². The third-order valence-corrected chi connectivity index (χ3v) is 5.12. The number of hydrogen-bond donors (Lipinski definition) is 1. The second-order valence-electron chi connectivity index (χ2n) is 8.17. The number of halogens is 1. The highest BCUT2D eigenvalue weighted by molar-refractivity contribution is 7.92. The Kier molecular flexibility index (Phi) is 5.49. The van der Waals surface area contributed by atoms with Crippen LogP contribution in [-0.2, 0) is 14.8 Å². The van der Waals surface area contributed by atoms with Crippen LogP contribution in [0.3, 0.4) is 0 Å². The maximum absolute atomic E-state index is 13.4. The molecular weight excluding hydrogens is 393 g/mol. The summed E-state index contributed by atoms with van der Waals surface area (Å²) in [6.07, 6.45) is 1.52. The first-order valence-corrected chi connectivity index (χ1v) is 11.1. The molecule has 0 bridgehead atoms. The number of benzene rings is 2. The molecule has 0 aromatic heterocycles. The fourth-order valence-corrected chi connectivity index (χ4v) is 3.69. The molecule has 1 amide bonds. The van der Waals surface area contributed by atoms with Gasteiger partial charge in [0.1, 0.15) is 5.82 Å². The Hall–Kier alpha value is -2.74. The zero-order valence-electron chi connectivity index (χ0n) is 16.8. The highest BCUT2D eigenvalue weighted by atomic mass is 32.2. The molecular formula is C21H24FN3O3S. The average molecular weight is 418 g/mol. The van der Waals surface area contributed by atoms with E-state index in [2.05, 4.69) is 9.82 Å². The Morgan fingerprint density at radius 3 is 2.41 bits per heavy atom. The molecule has 0 saturated heterocycles. The van der Waals surface area contributed by atoms with Crippen molar-refractivity contribution < 1.29 is 17.6 Å². The number of carbonyl (C=O) groups is 1. The number of rotatable bonds is 4. The summed E-state index contributed by atoms with van der Waals surface area (Å²) in [6, 6.07) is 12.6. The minimum atomic E-state index is -3.41. The molecule has 0 saturated carbocycles. The number of hydrazone groups is 1. The average Bonchev–Trinajstić information content (AvgIpc) is 3.05. The zero-order chi connectivity index (χ0) is 21.4. The molecule has 8 heteroatoms. The molecule has 2 aromatic carbocycles. The second-order valence-corrected chi connectivity index (χ2v) is 9.92. The first kappa shape index (κ1) is 21.0. The van der Waals surface area contributed by atoms with Gasteiger partial charge in [0.25, 0.3) is 0 Å². The summed E-state index contributed by atoms with van der Waals surface area (Å²) in [5, 5.41) is 6.03. The summed E-state index contributed by atoms with van der Waals surface area (Å²) < 4.78 is 38.9. The number of hydrogen-bond acceptors (Lipinski definition) is 4. The van der Waals surface area contributed by atoms with Crippen molar-refractivity contribution in [2.45, 2.75) is 33.2 Å². The first-order chi connectivity index (χ1) is 13.4. The van der Waals surface area contributed by atoms with Crippen molar-refractivity contribution in [3.05, 3.63) is 65.5 Å². The maximum Gasteiger partial charge on any atom is 0.248 e. The third-order valence-electron chi connectivity index (χ3n) is 4.51. The van der Waals surface area contributed by atoms with E-state index >= 15 is 0 Å². The van der Waals surface area contributed by atoms with Crippen molar-refractivity contribution in [1.82, 2.24) is 5.01 Å². The molecule has 0 aliphatic carbocycles. The molecule has 1 heterocycles. The van der Waals surface area contributed by atoms with Gasteiger partial charge in [0, 0.05) is 17.5 Å². The van der Waals surface area contributed by atoms with E-state index in [1.807, 2.05) is 26.8 Å². The van der Waals surface area contributed by atoms with Crippen LogP contribution in [0.4, 0.5) is 10.1 Å². The Bertz CT molecular complexity index is 1060. The lowest BCUT2D eigenvalue weighted by Crippen LogP contribution is -2.36. The Labute approximate surface area is 170 Å². The van der Waals surface area contributed by atoms with E-state index in [1.54, 1.807) is 30.3 Å². The van der Waals surface area contributed by atoms with E-state index in [9.17, 15) is 17.6 Å². The van der Waals surface area contributed by atoms with Gasteiger partial charge in [0.15, 0.2) is 0 Å². The molecule has 1 N–H and O–H groups in total. The van der Waals surface area contributed by atoms with Crippen LogP contribution in [0.5, 0.6) is 0 Å². The Balaban J connectivity index is 1.99. The largest absolute Gasteiger partial charge is 0.284 e. The van der Waals surface area contributed by atoms with E-state index in [-0.39, 0.29) is 17.8 Å². The van der Waals surface area contributed by atoms with Gasteiger partial charge in [-0.15, -0.1) is 0 Å². The molecule has 0 fully saturated rings. The highest BCUT2D eigenvalue weighted by Gasteiger charge is 2.38. The van der Waals surface area contributed by atoms with Crippen molar-refractivity contribution >= 4 is 27.3 Å². The van der Waals surface area contributed by atoms with Gasteiger partial charge in [-0.3, -0.25) is 9.52 Å². The monoisotopic (exact) mass is 417 g/mol. The van der Waals surface area contributed by atoms with Gasteiger partial charge in [0.05, 0.1) is 18.0 Å². The van der Waals surface area contributed by atoms with Gasteiger partial charge in [-0.1, -0.05) is 45.0 Å². The van der Waals surface area contributed by atoms with Crippen LogP contribution in [0, 0.1) is 11.2 Å². The summed E-state index contributed by atoms with van der Waals surface area (Å²) in [5.74, 6) is -0.492. The SMILES string of the molecule is CC(C)(C)C(=O)N1N=C(c2cccc(NS(C)(=O)=O)c2)C[C@H]1c1ccc(F)cc1. The van der Waals surface area contributed by atoms with Gasteiger partial charge < -0.3 is 0 Å². The quantitative estimate of drug-likeness (QED) is 0.819. The molecule has 29 heavy (non-hydrogen) atoms. The second kappa shape index (κ2) is 7.59. The van der Waals surface area contributed by atoms with Gasteiger partial charge in [-0.05, 0) is 35.4 Å². The van der Waals surface area contributed by atoms with Crippen molar-refractivity contribution in [3.63, 3.8) is 0 Å². The lowest BCUT2D eigenvalue weighted by molar-refractivity contribution is -0.141. The van der Waals surface area contributed by atoms with Crippen LogP contribution in [0.25, 0.3) is 0 Å². The summed E-state index contributed by atoms with van der Waals surface area (Å²) in [6.45, 7) is 5.46. The molecule has 154 valence electrons. The van der Waals surface area contributed by atoms with Crippen molar-refractivity contribution in [3.8, 4) is 0 Å². The lowest BCUT2D eigenvalue weighted by Gasteiger charge is -2.28. The predicted octanol–water partition coefficient (Wildman–Crippen LogP) is 3.92. The maximum atomic E-state index is 13.4. The predicted molar refractivity (Wildman–Crippen MR) is 112 cm³/mol. The van der Waals surface area contributed by atoms with E-state index < -0.39 is 15.4 Å². The van der Waals surface area contributed by atoms with Gasteiger partial charge in [-0.2, -0.15) is 5.10 Å². The van der Waals surface area contributed by atoms with Crippen molar-refractivity contribution in [2.75, 3.05) is 11.0 Å². The minimum Gasteiger partial charge on any atom is -0.284 e. The highest BCUT2D eigenvalue weighted by Crippen LogP contribution is 2.36. The summed E-state index contributed by atoms with van der Waals surface area (Å²) >= 11 is 0. The minimum absolute atomic E-state index is 0.146. The molecule has 0 spiro atoms. The van der Waals surface area contributed by atoms with E-state index in [0.717, 1.165) is 17.4 Å². The summed E-state index contributed by atoms with van der Waals surface area (Å²) in [5.41, 5.74) is 1.94. The number of nitrogens with zero attached hydrogens (tertiary/aromatic N) is 2. The standard InChI is InChI=1S/C21H24FN3O3S/c1-21(2,3)20(26)25-19(14-8-10-16(22)11-9-14)13-18(23-25)15-6-5-7-17(12-15)24-29(4,27)28/h5-12,19,24H,13H2,1-4H3/t19-/m0/s1. The van der Waals surface area contributed by atoms with E-state index in [1.165, 1.54) is 17.1 Å². The molecule has 1 aliphatic heterocycles. The van der Waals surface area contributed by atoms with Crippen LogP contribution in [0.1, 0.15) is 44.4 Å². The van der Waals surface area contributed by atoms with E-state index in [4.69, 9.17) is 0 Å². The topological polar surface area (TPSA) is 78.8 Å². The molecule has 1 atom stereocenters. The number of nitrogens with one attached hydrogen (secondary N) is 1. The smallest absolute Gasteiger partial charge is 0.248 e. The number of carbonyl (C=O) groups excluding carboxylic acids is 1. The van der Waals surface area contributed by atoms with Crippen LogP contribution in [-0.4, -0.2) is 31.3 Å². The number of anilines is 1. The molecule has 2 aromatic rings. The summed E-state index contributed by atoms with van der Waals surface area (Å²) in [7, 11) is -3.41. The zero-order valence-corrected chi connectivity index (χ0v) is 17.6. The van der Waals surface area contributed by atoms with Gasteiger partial charge in [-0.25, -0.2) is 17.8 Å². The third kappa shape index (κ3) is 5.00.